The molecule has 0 aliphatic carbocycles. The minimum atomic E-state index is -0.118. The SMILES string of the molecule is CCNCc1c(F)cccc1N(CCN(C)C)CC(C)C. The van der Waals surface area contributed by atoms with Crippen molar-refractivity contribution in [2.24, 2.45) is 5.92 Å². The van der Waals surface area contributed by atoms with Gasteiger partial charge >= 0.3 is 0 Å². The number of halogens is 1. The molecule has 0 saturated carbocycles. The molecule has 4 heteroatoms. The molecule has 1 N–H and O–H groups in total. The first-order valence-electron chi connectivity index (χ1n) is 7.83. The molecule has 120 valence electrons. The number of benzene rings is 1. The summed E-state index contributed by atoms with van der Waals surface area (Å²) in [7, 11) is 4.14. The van der Waals surface area contributed by atoms with Crippen molar-refractivity contribution in [2.75, 3.05) is 45.2 Å². The van der Waals surface area contributed by atoms with Crippen molar-refractivity contribution >= 4 is 5.69 Å². The van der Waals surface area contributed by atoms with E-state index in [0.717, 1.165) is 37.4 Å². The Balaban J connectivity index is 3.01. The van der Waals surface area contributed by atoms with Crippen molar-refractivity contribution in [1.82, 2.24) is 10.2 Å². The Hall–Kier alpha value is -1.13. The molecule has 0 bridgehead atoms. The zero-order valence-corrected chi connectivity index (χ0v) is 14.1. The molecule has 0 fully saturated rings. The third-order valence-electron chi connectivity index (χ3n) is 3.39. The van der Waals surface area contributed by atoms with E-state index in [0.29, 0.717) is 12.5 Å². The van der Waals surface area contributed by atoms with Crippen molar-refractivity contribution in [3.8, 4) is 0 Å². The zero-order chi connectivity index (χ0) is 15.8. The standard InChI is InChI=1S/C17H30FN3/c1-6-19-12-15-16(18)8-7-9-17(15)21(13-14(2)3)11-10-20(4)5/h7-9,14,19H,6,10-13H2,1-5H3. The third kappa shape index (κ3) is 6.02. The number of hydrogen-bond acceptors (Lipinski definition) is 3. The average molecular weight is 295 g/mol. The first kappa shape index (κ1) is 17.9. The second-order valence-corrected chi connectivity index (χ2v) is 6.16. The molecule has 0 amide bonds. The van der Waals surface area contributed by atoms with Crippen LogP contribution < -0.4 is 10.2 Å². The molecule has 1 aromatic carbocycles. The van der Waals surface area contributed by atoms with Gasteiger partial charge in [-0.05, 0) is 38.7 Å². The fourth-order valence-electron chi connectivity index (χ4n) is 2.34. The van der Waals surface area contributed by atoms with Crippen LogP contribution in [0.1, 0.15) is 26.3 Å². The van der Waals surface area contributed by atoms with E-state index in [1.807, 2.05) is 19.1 Å². The molecule has 0 heterocycles. The van der Waals surface area contributed by atoms with Gasteiger partial charge in [0.25, 0.3) is 0 Å². The average Bonchev–Trinajstić information content (AvgIpc) is 2.41. The van der Waals surface area contributed by atoms with E-state index >= 15 is 0 Å². The van der Waals surface area contributed by atoms with E-state index in [1.54, 1.807) is 6.07 Å². The van der Waals surface area contributed by atoms with Crippen LogP contribution in [0.25, 0.3) is 0 Å². The van der Waals surface area contributed by atoms with Crippen LogP contribution in [0.4, 0.5) is 10.1 Å². The molecule has 3 nitrogen and oxygen atoms in total. The monoisotopic (exact) mass is 295 g/mol. The highest BCUT2D eigenvalue weighted by Crippen LogP contribution is 2.24. The molecule has 0 aliphatic rings. The van der Waals surface area contributed by atoms with Crippen LogP contribution in [0.2, 0.25) is 0 Å². The Morgan fingerprint density at radius 3 is 2.48 bits per heavy atom. The predicted molar refractivity (Wildman–Crippen MR) is 89.4 cm³/mol. The molecule has 0 saturated heterocycles. The minimum absolute atomic E-state index is 0.118. The van der Waals surface area contributed by atoms with Gasteiger partial charge in [-0.15, -0.1) is 0 Å². The van der Waals surface area contributed by atoms with Crippen molar-refractivity contribution in [3.63, 3.8) is 0 Å². The molecule has 0 atom stereocenters. The van der Waals surface area contributed by atoms with Crippen molar-refractivity contribution in [1.29, 1.82) is 0 Å². The van der Waals surface area contributed by atoms with Crippen LogP contribution in [-0.4, -0.2) is 45.2 Å². The Morgan fingerprint density at radius 1 is 1.19 bits per heavy atom. The van der Waals surface area contributed by atoms with Gasteiger partial charge in [0.2, 0.25) is 0 Å². The molecular formula is C17H30FN3. The highest BCUT2D eigenvalue weighted by molar-refractivity contribution is 5.54. The first-order chi connectivity index (χ1) is 9.95. The van der Waals surface area contributed by atoms with E-state index < -0.39 is 0 Å². The third-order valence-corrected chi connectivity index (χ3v) is 3.39. The van der Waals surface area contributed by atoms with Gasteiger partial charge in [0.05, 0.1) is 0 Å². The number of nitrogens with one attached hydrogen (secondary N) is 1. The Bertz CT molecular complexity index is 418. The topological polar surface area (TPSA) is 18.5 Å². The second kappa shape index (κ2) is 9.00. The summed E-state index contributed by atoms with van der Waals surface area (Å²) in [5.74, 6) is 0.425. The lowest BCUT2D eigenvalue weighted by Crippen LogP contribution is -2.35. The molecule has 1 aromatic rings. The van der Waals surface area contributed by atoms with E-state index in [1.165, 1.54) is 0 Å². The molecule has 1 rings (SSSR count). The van der Waals surface area contributed by atoms with Crippen molar-refractivity contribution in [3.05, 3.63) is 29.6 Å². The highest BCUT2D eigenvalue weighted by Gasteiger charge is 2.15. The van der Waals surface area contributed by atoms with Gasteiger partial charge in [-0.1, -0.05) is 26.8 Å². The number of anilines is 1. The lowest BCUT2D eigenvalue weighted by molar-refractivity contribution is 0.408. The smallest absolute Gasteiger partial charge is 0.129 e. The van der Waals surface area contributed by atoms with Crippen molar-refractivity contribution in [2.45, 2.75) is 27.3 Å². The summed E-state index contributed by atoms with van der Waals surface area (Å²) >= 11 is 0. The molecule has 0 aliphatic heterocycles. The molecule has 0 spiro atoms. The predicted octanol–water partition coefficient (Wildman–Crippen LogP) is 2.96. The lowest BCUT2D eigenvalue weighted by Gasteiger charge is -2.30. The van der Waals surface area contributed by atoms with E-state index in [4.69, 9.17) is 0 Å². The van der Waals surface area contributed by atoms with Crippen LogP contribution in [0.5, 0.6) is 0 Å². The highest BCUT2D eigenvalue weighted by atomic mass is 19.1. The Morgan fingerprint density at radius 2 is 1.90 bits per heavy atom. The van der Waals surface area contributed by atoms with Crippen LogP contribution in [0, 0.1) is 11.7 Å². The number of rotatable bonds is 9. The maximum atomic E-state index is 14.2. The summed E-state index contributed by atoms with van der Waals surface area (Å²) in [6.45, 7) is 10.7. The van der Waals surface area contributed by atoms with Gasteiger partial charge in [0, 0.05) is 37.4 Å². The van der Waals surface area contributed by atoms with E-state index in [9.17, 15) is 4.39 Å². The molecule has 0 unspecified atom stereocenters. The minimum Gasteiger partial charge on any atom is -0.370 e. The number of likely N-dealkylation sites (N-methyl/N-ethyl adjacent to an activating group) is 1. The largest absolute Gasteiger partial charge is 0.370 e. The molecule has 21 heavy (non-hydrogen) atoms. The summed E-state index contributed by atoms with van der Waals surface area (Å²) in [6, 6.07) is 5.40. The summed E-state index contributed by atoms with van der Waals surface area (Å²) in [6.07, 6.45) is 0. The lowest BCUT2D eigenvalue weighted by atomic mass is 10.1. The quantitative estimate of drug-likeness (QED) is 0.755. The molecule has 0 radical (unpaired) electrons. The van der Waals surface area contributed by atoms with Gasteiger partial charge in [0.1, 0.15) is 5.82 Å². The van der Waals surface area contributed by atoms with Gasteiger partial charge in [-0.2, -0.15) is 0 Å². The van der Waals surface area contributed by atoms with Crippen LogP contribution in [0.15, 0.2) is 18.2 Å². The van der Waals surface area contributed by atoms with Gasteiger partial charge in [-0.25, -0.2) is 4.39 Å². The summed E-state index contributed by atoms with van der Waals surface area (Å²) in [4.78, 5) is 4.47. The van der Waals surface area contributed by atoms with Gasteiger partial charge in [0.15, 0.2) is 0 Å². The van der Waals surface area contributed by atoms with Crippen molar-refractivity contribution < 1.29 is 4.39 Å². The van der Waals surface area contributed by atoms with E-state index in [-0.39, 0.29) is 5.82 Å². The summed E-state index contributed by atoms with van der Waals surface area (Å²) < 4.78 is 14.2. The van der Waals surface area contributed by atoms with E-state index in [2.05, 4.69) is 43.1 Å². The normalized spacial score (nSPS) is 11.4. The number of nitrogens with zero attached hydrogens (tertiary/aromatic N) is 2. The Labute approximate surface area is 129 Å². The maximum Gasteiger partial charge on any atom is 0.129 e. The number of hydrogen-bond donors (Lipinski definition) is 1. The van der Waals surface area contributed by atoms with Crippen LogP contribution in [-0.2, 0) is 6.54 Å². The first-order valence-corrected chi connectivity index (χ1v) is 7.83. The van der Waals surface area contributed by atoms with Crippen LogP contribution >= 0.6 is 0 Å². The fourth-order valence-corrected chi connectivity index (χ4v) is 2.34. The van der Waals surface area contributed by atoms with Gasteiger partial charge in [-0.3, -0.25) is 0 Å². The molecular weight excluding hydrogens is 265 g/mol. The maximum absolute atomic E-state index is 14.2. The fraction of sp³-hybridized carbons (Fsp3) is 0.647. The van der Waals surface area contributed by atoms with Gasteiger partial charge < -0.3 is 15.1 Å². The summed E-state index contributed by atoms with van der Waals surface area (Å²) in [5.41, 5.74) is 1.80. The zero-order valence-electron chi connectivity index (χ0n) is 14.1. The second-order valence-electron chi connectivity index (χ2n) is 6.16. The Kier molecular flexibility index (Phi) is 7.68. The summed E-state index contributed by atoms with van der Waals surface area (Å²) in [5, 5.41) is 3.24. The van der Waals surface area contributed by atoms with Crippen LogP contribution in [0.3, 0.4) is 0 Å². The molecule has 0 aromatic heterocycles.